The number of likely N-dealkylation sites (tertiary alicyclic amines) is 1. The van der Waals surface area contributed by atoms with Crippen LogP contribution in [0.2, 0.25) is 0 Å². The normalized spacial score (nSPS) is 25.8. The Bertz CT molecular complexity index is 177. The van der Waals surface area contributed by atoms with Crippen molar-refractivity contribution < 1.29 is 4.39 Å². The lowest BCUT2D eigenvalue weighted by Gasteiger charge is -2.15. The van der Waals surface area contributed by atoms with Crippen molar-refractivity contribution >= 4 is 5.84 Å². The third kappa shape index (κ3) is 2.03. The van der Waals surface area contributed by atoms with Crippen LogP contribution in [-0.2, 0) is 0 Å². The molecule has 62 valence electrons. The standard InChI is InChI=1S/C8H13FN2/c1-3-10-7(2)11-5-4-8(9)6-11/h3,8H,1,4-6H2,2H3/t8-/m1/s1. The highest BCUT2D eigenvalue weighted by atomic mass is 19.1. The highest BCUT2D eigenvalue weighted by Gasteiger charge is 2.21. The fraction of sp³-hybridized carbons (Fsp3) is 0.625. The van der Waals surface area contributed by atoms with E-state index < -0.39 is 6.17 Å². The van der Waals surface area contributed by atoms with Crippen molar-refractivity contribution in [1.82, 2.24) is 4.90 Å². The van der Waals surface area contributed by atoms with Gasteiger partial charge in [-0.05, 0) is 13.3 Å². The average Bonchev–Trinajstić information content (AvgIpc) is 2.36. The second-order valence-corrected chi connectivity index (χ2v) is 2.69. The molecule has 0 amide bonds. The van der Waals surface area contributed by atoms with Gasteiger partial charge in [0.05, 0.1) is 6.54 Å². The molecule has 0 bridgehead atoms. The zero-order chi connectivity index (χ0) is 8.27. The summed E-state index contributed by atoms with van der Waals surface area (Å²) in [5, 5.41) is 0. The van der Waals surface area contributed by atoms with E-state index in [1.807, 2.05) is 11.8 Å². The Labute approximate surface area is 66.4 Å². The van der Waals surface area contributed by atoms with Gasteiger partial charge >= 0.3 is 0 Å². The van der Waals surface area contributed by atoms with E-state index in [1.54, 1.807) is 0 Å². The van der Waals surface area contributed by atoms with E-state index in [1.165, 1.54) is 6.20 Å². The van der Waals surface area contributed by atoms with Crippen molar-refractivity contribution in [3.05, 3.63) is 12.8 Å². The molecule has 0 aromatic carbocycles. The molecule has 3 heteroatoms. The van der Waals surface area contributed by atoms with Gasteiger partial charge in [-0.2, -0.15) is 0 Å². The van der Waals surface area contributed by atoms with E-state index in [0.717, 1.165) is 12.4 Å². The minimum absolute atomic E-state index is 0.489. The van der Waals surface area contributed by atoms with Gasteiger partial charge in [-0.25, -0.2) is 9.38 Å². The fourth-order valence-electron chi connectivity index (χ4n) is 1.23. The zero-order valence-electron chi connectivity index (χ0n) is 6.76. The molecule has 1 fully saturated rings. The molecule has 2 nitrogen and oxygen atoms in total. The molecule has 0 unspecified atom stereocenters. The first-order valence-corrected chi connectivity index (χ1v) is 3.78. The number of rotatable bonds is 1. The predicted molar refractivity (Wildman–Crippen MR) is 44.4 cm³/mol. The molecular formula is C8H13FN2. The highest BCUT2D eigenvalue weighted by molar-refractivity contribution is 5.80. The van der Waals surface area contributed by atoms with Crippen LogP contribution in [0.25, 0.3) is 0 Å². The molecule has 0 saturated carbocycles. The molecule has 0 aliphatic carbocycles. The van der Waals surface area contributed by atoms with Crippen LogP contribution >= 0.6 is 0 Å². The Balaban J connectivity index is 2.49. The molecule has 1 saturated heterocycles. The topological polar surface area (TPSA) is 15.6 Å². The van der Waals surface area contributed by atoms with Gasteiger partial charge in [-0.3, -0.25) is 0 Å². The fourth-order valence-corrected chi connectivity index (χ4v) is 1.23. The largest absolute Gasteiger partial charge is 0.357 e. The van der Waals surface area contributed by atoms with Gasteiger partial charge in [0.1, 0.15) is 12.0 Å². The number of amidine groups is 1. The van der Waals surface area contributed by atoms with E-state index in [0.29, 0.717) is 13.0 Å². The monoisotopic (exact) mass is 156 g/mol. The summed E-state index contributed by atoms with van der Waals surface area (Å²) in [7, 11) is 0. The zero-order valence-corrected chi connectivity index (χ0v) is 6.76. The number of nitrogens with zero attached hydrogens (tertiary/aromatic N) is 2. The van der Waals surface area contributed by atoms with Gasteiger partial charge < -0.3 is 4.90 Å². The summed E-state index contributed by atoms with van der Waals surface area (Å²) in [5.74, 6) is 0.861. The van der Waals surface area contributed by atoms with Gasteiger partial charge in [0, 0.05) is 12.7 Å². The second kappa shape index (κ2) is 3.51. The first-order chi connectivity index (χ1) is 5.24. The van der Waals surface area contributed by atoms with E-state index in [-0.39, 0.29) is 0 Å². The number of halogens is 1. The van der Waals surface area contributed by atoms with Crippen LogP contribution in [0.15, 0.2) is 17.8 Å². The minimum atomic E-state index is -0.676. The summed E-state index contributed by atoms with van der Waals surface area (Å²) in [6.07, 6.45) is 1.44. The summed E-state index contributed by atoms with van der Waals surface area (Å²) in [6, 6.07) is 0. The summed E-state index contributed by atoms with van der Waals surface area (Å²) in [6.45, 7) is 6.63. The summed E-state index contributed by atoms with van der Waals surface area (Å²) in [4.78, 5) is 5.92. The van der Waals surface area contributed by atoms with Crippen molar-refractivity contribution in [3.63, 3.8) is 0 Å². The first kappa shape index (κ1) is 8.24. The molecule has 1 aliphatic rings. The number of hydrogen-bond donors (Lipinski definition) is 0. The van der Waals surface area contributed by atoms with Crippen molar-refractivity contribution in [3.8, 4) is 0 Å². The number of hydrogen-bond acceptors (Lipinski definition) is 1. The van der Waals surface area contributed by atoms with Crippen molar-refractivity contribution in [2.45, 2.75) is 19.5 Å². The Morgan fingerprint density at radius 2 is 2.55 bits per heavy atom. The van der Waals surface area contributed by atoms with E-state index in [9.17, 15) is 4.39 Å². The quantitative estimate of drug-likeness (QED) is 0.416. The van der Waals surface area contributed by atoms with Crippen LogP contribution in [0.1, 0.15) is 13.3 Å². The van der Waals surface area contributed by atoms with Gasteiger partial charge in [0.25, 0.3) is 0 Å². The molecular weight excluding hydrogens is 143 g/mol. The van der Waals surface area contributed by atoms with Crippen molar-refractivity contribution in [2.75, 3.05) is 13.1 Å². The predicted octanol–water partition coefficient (Wildman–Crippen LogP) is 1.59. The Kier molecular flexibility index (Phi) is 2.63. The minimum Gasteiger partial charge on any atom is -0.357 e. The second-order valence-electron chi connectivity index (χ2n) is 2.69. The van der Waals surface area contributed by atoms with Crippen LogP contribution in [0.4, 0.5) is 4.39 Å². The molecule has 1 atom stereocenters. The molecule has 1 aliphatic heterocycles. The lowest BCUT2D eigenvalue weighted by Crippen LogP contribution is -2.26. The van der Waals surface area contributed by atoms with Crippen LogP contribution < -0.4 is 0 Å². The molecule has 1 rings (SSSR count). The molecule has 0 N–H and O–H groups in total. The first-order valence-electron chi connectivity index (χ1n) is 3.78. The van der Waals surface area contributed by atoms with Gasteiger partial charge in [-0.1, -0.05) is 6.58 Å². The Morgan fingerprint density at radius 1 is 1.82 bits per heavy atom. The van der Waals surface area contributed by atoms with Gasteiger partial charge in [-0.15, -0.1) is 0 Å². The third-order valence-electron chi connectivity index (χ3n) is 1.87. The number of aliphatic imine (C=N–C) groups is 1. The molecule has 0 radical (unpaired) electrons. The lowest BCUT2D eigenvalue weighted by molar-refractivity contribution is 0.342. The SMILES string of the molecule is C=CN=C(C)N1CC[C@@H](F)C1. The van der Waals surface area contributed by atoms with E-state index in [2.05, 4.69) is 11.6 Å². The molecule has 0 spiro atoms. The maximum absolute atomic E-state index is 12.7. The summed E-state index contributed by atoms with van der Waals surface area (Å²) < 4.78 is 12.7. The molecule has 0 aromatic heterocycles. The highest BCUT2D eigenvalue weighted by Crippen LogP contribution is 2.12. The summed E-state index contributed by atoms with van der Waals surface area (Å²) in [5.41, 5.74) is 0. The van der Waals surface area contributed by atoms with Crippen LogP contribution in [0.5, 0.6) is 0 Å². The maximum atomic E-state index is 12.7. The summed E-state index contributed by atoms with van der Waals surface area (Å²) >= 11 is 0. The van der Waals surface area contributed by atoms with Crippen LogP contribution in [0.3, 0.4) is 0 Å². The lowest BCUT2D eigenvalue weighted by atomic mass is 10.3. The van der Waals surface area contributed by atoms with Crippen molar-refractivity contribution in [1.29, 1.82) is 0 Å². The maximum Gasteiger partial charge on any atom is 0.119 e. The molecule has 11 heavy (non-hydrogen) atoms. The molecule has 0 aromatic rings. The Hall–Kier alpha value is -0.860. The van der Waals surface area contributed by atoms with Crippen molar-refractivity contribution in [2.24, 2.45) is 4.99 Å². The number of alkyl halides is 1. The molecule has 1 heterocycles. The Morgan fingerprint density at radius 3 is 3.00 bits per heavy atom. The average molecular weight is 156 g/mol. The van der Waals surface area contributed by atoms with Gasteiger partial charge in [0.15, 0.2) is 0 Å². The van der Waals surface area contributed by atoms with Crippen LogP contribution in [0, 0.1) is 0 Å². The third-order valence-corrected chi connectivity index (χ3v) is 1.87. The van der Waals surface area contributed by atoms with Crippen LogP contribution in [-0.4, -0.2) is 30.0 Å². The van der Waals surface area contributed by atoms with Gasteiger partial charge in [0.2, 0.25) is 0 Å². The van der Waals surface area contributed by atoms with E-state index >= 15 is 0 Å². The smallest absolute Gasteiger partial charge is 0.119 e. The van der Waals surface area contributed by atoms with E-state index in [4.69, 9.17) is 0 Å².